The molecule has 0 saturated carbocycles. The van der Waals surface area contributed by atoms with E-state index in [-0.39, 0.29) is 17.4 Å². The summed E-state index contributed by atoms with van der Waals surface area (Å²) in [7, 11) is -3.95. The van der Waals surface area contributed by atoms with Gasteiger partial charge in [0.1, 0.15) is 5.82 Å². The average molecular weight is 414 g/mol. The molecular formula is C17H13F7O2S. The highest BCUT2D eigenvalue weighted by Gasteiger charge is 2.68. The minimum atomic E-state index is -5.59. The Bertz CT molecular complexity index is 882. The first-order valence-electron chi connectivity index (χ1n) is 7.40. The van der Waals surface area contributed by atoms with Gasteiger partial charge in [-0.05, 0) is 42.3 Å². The summed E-state index contributed by atoms with van der Waals surface area (Å²) in [5.74, 6) is -1.31. The highest BCUT2D eigenvalue weighted by molar-refractivity contribution is 7.90. The molecule has 0 atom stereocenters. The second kappa shape index (κ2) is 6.81. The Labute approximate surface area is 150 Å². The van der Waals surface area contributed by atoms with Crippen molar-refractivity contribution >= 4 is 9.84 Å². The van der Waals surface area contributed by atoms with Crippen LogP contribution in [0.15, 0.2) is 53.4 Å². The number of benzene rings is 2. The molecular weight excluding hydrogens is 401 g/mol. The lowest BCUT2D eigenvalue weighted by Gasteiger charge is -2.34. The average Bonchev–Trinajstić information content (AvgIpc) is 2.52. The zero-order valence-electron chi connectivity index (χ0n) is 13.7. The Balaban J connectivity index is 2.36. The van der Waals surface area contributed by atoms with Gasteiger partial charge in [-0.15, -0.1) is 0 Å². The van der Waals surface area contributed by atoms with Crippen molar-refractivity contribution in [1.82, 2.24) is 0 Å². The monoisotopic (exact) mass is 414 g/mol. The lowest BCUT2D eigenvalue weighted by Crippen LogP contribution is -2.51. The number of rotatable bonds is 4. The van der Waals surface area contributed by atoms with Crippen LogP contribution < -0.4 is 0 Å². The maximum absolute atomic E-state index is 13.1. The molecule has 2 aromatic rings. The molecule has 27 heavy (non-hydrogen) atoms. The maximum Gasteiger partial charge on any atom is 0.406 e. The third-order valence-corrected chi connectivity index (χ3v) is 5.90. The van der Waals surface area contributed by atoms with Gasteiger partial charge in [0.05, 0.1) is 10.6 Å². The predicted molar refractivity (Wildman–Crippen MR) is 83.2 cm³/mol. The highest BCUT2D eigenvalue weighted by atomic mass is 32.2. The quantitative estimate of drug-likeness (QED) is 0.510. The minimum Gasteiger partial charge on any atom is -0.223 e. The highest BCUT2D eigenvalue weighted by Crippen LogP contribution is 2.51. The largest absolute Gasteiger partial charge is 0.406 e. The summed E-state index contributed by atoms with van der Waals surface area (Å²) in [6.45, 7) is 0.0251. The standard InChI is InChI=1S/C17H13F7O2S/c1-15(16(19,20)21,17(22,23)24)12-4-2-11(3-5-12)10-27(25,26)14-8-6-13(18)7-9-14/h2-9H,10H2,1H3. The number of hydrogen-bond acceptors (Lipinski definition) is 2. The SMILES string of the molecule is CC(c1ccc(CS(=O)(=O)c2ccc(F)cc2)cc1)(C(F)(F)F)C(F)(F)F. The van der Waals surface area contributed by atoms with E-state index in [0.717, 1.165) is 36.4 Å². The molecule has 0 spiro atoms. The first-order chi connectivity index (χ1) is 12.2. The molecule has 0 N–H and O–H groups in total. The molecule has 0 unspecified atom stereocenters. The van der Waals surface area contributed by atoms with Gasteiger partial charge < -0.3 is 0 Å². The Morgan fingerprint density at radius 3 is 1.63 bits per heavy atom. The molecule has 0 saturated heterocycles. The van der Waals surface area contributed by atoms with Crippen LogP contribution in [0, 0.1) is 5.82 Å². The fourth-order valence-corrected chi connectivity index (χ4v) is 3.72. The van der Waals surface area contributed by atoms with Crippen LogP contribution in [0.2, 0.25) is 0 Å². The Morgan fingerprint density at radius 1 is 0.778 bits per heavy atom. The lowest BCUT2D eigenvalue weighted by molar-refractivity contribution is -0.297. The molecule has 0 aliphatic rings. The van der Waals surface area contributed by atoms with Crippen molar-refractivity contribution in [2.45, 2.75) is 35.3 Å². The second-order valence-electron chi connectivity index (χ2n) is 6.03. The van der Waals surface area contributed by atoms with Gasteiger partial charge in [0.2, 0.25) is 0 Å². The van der Waals surface area contributed by atoms with Crippen molar-refractivity contribution in [1.29, 1.82) is 0 Å². The fraction of sp³-hybridized carbons (Fsp3) is 0.294. The maximum atomic E-state index is 13.1. The summed E-state index contributed by atoms with van der Waals surface area (Å²) >= 11 is 0. The van der Waals surface area contributed by atoms with E-state index in [0.29, 0.717) is 12.1 Å². The normalized spacial score (nSPS) is 13.6. The fourth-order valence-electron chi connectivity index (χ4n) is 2.37. The molecule has 0 aliphatic heterocycles. The minimum absolute atomic E-state index is 0.00484. The number of halogens is 7. The van der Waals surface area contributed by atoms with E-state index in [1.165, 1.54) is 0 Å². The predicted octanol–water partition coefficient (Wildman–Crippen LogP) is 5.18. The molecule has 2 rings (SSSR count). The third-order valence-electron chi connectivity index (χ3n) is 4.19. The molecule has 0 amide bonds. The lowest BCUT2D eigenvalue weighted by atomic mass is 9.80. The van der Waals surface area contributed by atoms with Crippen LogP contribution >= 0.6 is 0 Å². The van der Waals surface area contributed by atoms with Crippen LogP contribution in [0.4, 0.5) is 30.7 Å². The Kier molecular flexibility index (Phi) is 5.35. The van der Waals surface area contributed by atoms with Gasteiger partial charge >= 0.3 is 12.4 Å². The smallest absolute Gasteiger partial charge is 0.223 e. The Morgan fingerprint density at radius 2 is 1.22 bits per heavy atom. The van der Waals surface area contributed by atoms with Crippen molar-refractivity contribution in [2.75, 3.05) is 0 Å². The van der Waals surface area contributed by atoms with E-state index in [9.17, 15) is 39.2 Å². The van der Waals surface area contributed by atoms with Gasteiger partial charge in [-0.3, -0.25) is 0 Å². The molecule has 0 aromatic heterocycles. The van der Waals surface area contributed by atoms with Crippen LogP contribution in [-0.2, 0) is 21.0 Å². The third kappa shape index (κ3) is 4.10. The number of hydrogen-bond donors (Lipinski definition) is 0. The van der Waals surface area contributed by atoms with Gasteiger partial charge in [0, 0.05) is 0 Å². The van der Waals surface area contributed by atoms with Gasteiger partial charge in [-0.1, -0.05) is 24.3 Å². The number of alkyl halides is 6. The molecule has 2 nitrogen and oxygen atoms in total. The zero-order chi connectivity index (χ0) is 20.7. The summed E-state index contributed by atoms with van der Waals surface area (Å²) in [5.41, 5.74) is -5.14. The molecule has 0 bridgehead atoms. The summed E-state index contributed by atoms with van der Waals surface area (Å²) in [6.07, 6.45) is -11.2. The van der Waals surface area contributed by atoms with E-state index >= 15 is 0 Å². The van der Waals surface area contributed by atoms with Gasteiger partial charge in [0.25, 0.3) is 0 Å². The molecule has 0 heterocycles. The van der Waals surface area contributed by atoms with Crippen molar-refractivity contribution in [3.63, 3.8) is 0 Å². The van der Waals surface area contributed by atoms with Crippen LogP contribution in [0.3, 0.4) is 0 Å². The summed E-state index contributed by atoms with van der Waals surface area (Å²) in [5, 5.41) is 0. The second-order valence-corrected chi connectivity index (χ2v) is 8.02. The summed E-state index contributed by atoms with van der Waals surface area (Å²) in [4.78, 5) is -0.219. The van der Waals surface area contributed by atoms with E-state index in [2.05, 4.69) is 0 Å². The van der Waals surface area contributed by atoms with Gasteiger partial charge in [0.15, 0.2) is 15.3 Å². The van der Waals surface area contributed by atoms with Crippen LogP contribution in [0.5, 0.6) is 0 Å². The van der Waals surface area contributed by atoms with E-state index in [1.807, 2.05) is 0 Å². The van der Waals surface area contributed by atoms with Gasteiger partial charge in [-0.25, -0.2) is 12.8 Å². The van der Waals surface area contributed by atoms with E-state index in [1.54, 1.807) is 0 Å². The zero-order valence-corrected chi connectivity index (χ0v) is 14.5. The molecule has 0 aliphatic carbocycles. The topological polar surface area (TPSA) is 34.1 Å². The van der Waals surface area contributed by atoms with Crippen molar-refractivity contribution in [3.8, 4) is 0 Å². The molecule has 2 aromatic carbocycles. The van der Waals surface area contributed by atoms with Crippen molar-refractivity contribution < 1.29 is 39.2 Å². The van der Waals surface area contributed by atoms with Crippen molar-refractivity contribution in [2.24, 2.45) is 0 Å². The molecule has 0 radical (unpaired) electrons. The van der Waals surface area contributed by atoms with Crippen LogP contribution in [-0.4, -0.2) is 20.8 Å². The van der Waals surface area contributed by atoms with Crippen LogP contribution in [0.1, 0.15) is 18.1 Å². The Hall–Kier alpha value is -2.10. The van der Waals surface area contributed by atoms with E-state index < -0.39 is 44.7 Å². The first kappa shape index (κ1) is 21.2. The summed E-state index contributed by atoms with van der Waals surface area (Å²) in [6, 6.07) is 6.89. The van der Waals surface area contributed by atoms with Crippen molar-refractivity contribution in [3.05, 3.63) is 65.5 Å². The molecule has 148 valence electrons. The van der Waals surface area contributed by atoms with Gasteiger partial charge in [-0.2, -0.15) is 26.3 Å². The first-order valence-corrected chi connectivity index (χ1v) is 9.05. The number of sulfone groups is 1. The van der Waals surface area contributed by atoms with Crippen LogP contribution in [0.25, 0.3) is 0 Å². The van der Waals surface area contributed by atoms with E-state index in [4.69, 9.17) is 0 Å². The molecule has 0 fully saturated rings. The summed E-state index contributed by atoms with van der Waals surface area (Å²) < 4.78 is 116. The molecule has 10 heteroatoms.